The second-order valence-electron chi connectivity index (χ2n) is 5.39. The molecule has 5 nitrogen and oxygen atoms in total. The lowest BCUT2D eigenvalue weighted by atomic mass is 9.97. The smallest absolute Gasteiger partial charge is 0.335 e. The van der Waals surface area contributed by atoms with E-state index in [1.807, 2.05) is 24.3 Å². The van der Waals surface area contributed by atoms with E-state index in [0.29, 0.717) is 18.1 Å². The largest absolute Gasteiger partial charge is 0.493 e. The lowest BCUT2D eigenvalue weighted by molar-refractivity contribution is 0.0697. The average molecular weight is 330 g/mol. The summed E-state index contributed by atoms with van der Waals surface area (Å²) in [5, 5.41) is 9.37. The molecule has 1 N–H and O–H groups in total. The van der Waals surface area contributed by atoms with Crippen molar-refractivity contribution in [2.75, 3.05) is 27.9 Å². The van der Waals surface area contributed by atoms with Crippen molar-refractivity contribution in [3.05, 3.63) is 47.5 Å². The molecule has 24 heavy (non-hydrogen) atoms. The summed E-state index contributed by atoms with van der Waals surface area (Å²) in [6, 6.07) is 10.9. The first-order valence-corrected chi connectivity index (χ1v) is 7.67. The molecule has 0 aromatic heterocycles. The molecule has 0 aliphatic rings. The van der Waals surface area contributed by atoms with Gasteiger partial charge in [-0.15, -0.1) is 0 Å². The molecule has 0 radical (unpaired) electrons. The molecular weight excluding hydrogens is 308 g/mol. The van der Waals surface area contributed by atoms with Crippen LogP contribution in [0.2, 0.25) is 0 Å². The zero-order valence-corrected chi connectivity index (χ0v) is 14.2. The van der Waals surface area contributed by atoms with Crippen LogP contribution in [0.25, 0.3) is 11.1 Å². The number of carboxylic acid groups (broad SMARTS) is 1. The van der Waals surface area contributed by atoms with Crippen LogP contribution in [0, 0.1) is 0 Å². The van der Waals surface area contributed by atoms with Gasteiger partial charge in [-0.1, -0.05) is 12.1 Å². The van der Waals surface area contributed by atoms with Crippen LogP contribution in [0.5, 0.6) is 11.5 Å². The number of carbonyl (C=O) groups is 1. The van der Waals surface area contributed by atoms with Gasteiger partial charge >= 0.3 is 5.97 Å². The first-order valence-electron chi connectivity index (χ1n) is 7.67. The van der Waals surface area contributed by atoms with Crippen LogP contribution in [0.3, 0.4) is 0 Å². The lowest BCUT2D eigenvalue weighted by Crippen LogP contribution is -2.00. The van der Waals surface area contributed by atoms with E-state index in [9.17, 15) is 9.90 Å². The molecule has 2 rings (SSSR count). The second-order valence-corrected chi connectivity index (χ2v) is 5.39. The van der Waals surface area contributed by atoms with Gasteiger partial charge in [0, 0.05) is 13.7 Å². The van der Waals surface area contributed by atoms with Crippen molar-refractivity contribution >= 4 is 5.97 Å². The van der Waals surface area contributed by atoms with E-state index in [2.05, 4.69) is 0 Å². The average Bonchev–Trinajstić information content (AvgIpc) is 2.61. The van der Waals surface area contributed by atoms with Gasteiger partial charge in [-0.2, -0.15) is 0 Å². The number of ether oxygens (including phenoxy) is 3. The van der Waals surface area contributed by atoms with Crippen LogP contribution < -0.4 is 9.47 Å². The maximum Gasteiger partial charge on any atom is 0.335 e. The highest BCUT2D eigenvalue weighted by atomic mass is 16.5. The fraction of sp³-hybridized carbons (Fsp3) is 0.316. The SMILES string of the molecule is COCCCc1cc(C(=O)O)cc(-c2ccc(OC)c(OC)c2)c1. The maximum atomic E-state index is 11.4. The summed E-state index contributed by atoms with van der Waals surface area (Å²) >= 11 is 0. The Morgan fingerprint density at radius 3 is 2.33 bits per heavy atom. The summed E-state index contributed by atoms with van der Waals surface area (Å²) in [6.07, 6.45) is 1.60. The third-order valence-electron chi connectivity index (χ3n) is 3.77. The highest BCUT2D eigenvalue weighted by Gasteiger charge is 2.11. The number of carboxylic acids is 1. The van der Waals surface area contributed by atoms with Crippen molar-refractivity contribution in [2.45, 2.75) is 12.8 Å². The van der Waals surface area contributed by atoms with Crippen LogP contribution in [0.15, 0.2) is 36.4 Å². The normalized spacial score (nSPS) is 10.5. The highest BCUT2D eigenvalue weighted by molar-refractivity contribution is 5.90. The minimum Gasteiger partial charge on any atom is -0.493 e. The monoisotopic (exact) mass is 330 g/mol. The highest BCUT2D eigenvalue weighted by Crippen LogP contribution is 2.33. The second kappa shape index (κ2) is 8.36. The molecular formula is C19H22O5. The van der Waals surface area contributed by atoms with Gasteiger partial charge in [0.15, 0.2) is 11.5 Å². The van der Waals surface area contributed by atoms with Crippen molar-refractivity contribution in [3.63, 3.8) is 0 Å². The Morgan fingerprint density at radius 1 is 0.958 bits per heavy atom. The maximum absolute atomic E-state index is 11.4. The van der Waals surface area contributed by atoms with Gasteiger partial charge in [0.05, 0.1) is 19.8 Å². The van der Waals surface area contributed by atoms with Gasteiger partial charge < -0.3 is 19.3 Å². The fourth-order valence-corrected chi connectivity index (χ4v) is 2.56. The van der Waals surface area contributed by atoms with Crippen LogP contribution in [0.4, 0.5) is 0 Å². The van der Waals surface area contributed by atoms with Crippen molar-refractivity contribution < 1.29 is 24.1 Å². The number of aromatic carboxylic acids is 1. The van der Waals surface area contributed by atoms with E-state index >= 15 is 0 Å². The number of rotatable bonds is 8. The molecule has 128 valence electrons. The molecule has 2 aromatic rings. The Bertz CT molecular complexity index is 709. The fourth-order valence-electron chi connectivity index (χ4n) is 2.56. The molecule has 5 heteroatoms. The topological polar surface area (TPSA) is 65.0 Å². The number of hydrogen-bond acceptors (Lipinski definition) is 4. The number of hydrogen-bond donors (Lipinski definition) is 1. The number of aryl methyl sites for hydroxylation is 1. The summed E-state index contributed by atoms with van der Waals surface area (Å²) in [5.41, 5.74) is 2.96. The van der Waals surface area contributed by atoms with E-state index in [1.54, 1.807) is 33.5 Å². The first kappa shape index (κ1) is 17.8. The zero-order valence-electron chi connectivity index (χ0n) is 14.2. The van der Waals surface area contributed by atoms with Gasteiger partial charge in [-0.3, -0.25) is 0 Å². The minimum atomic E-state index is -0.940. The van der Waals surface area contributed by atoms with Crippen LogP contribution in [-0.4, -0.2) is 39.0 Å². The Morgan fingerprint density at radius 2 is 1.71 bits per heavy atom. The standard InChI is InChI=1S/C19H22O5/c1-22-8-4-5-13-9-15(11-16(10-13)19(20)21)14-6-7-17(23-2)18(12-14)24-3/h6-7,9-12H,4-5,8H2,1-3H3,(H,20,21). The van der Waals surface area contributed by atoms with Crippen LogP contribution in [0.1, 0.15) is 22.3 Å². The molecule has 0 fully saturated rings. The quantitative estimate of drug-likeness (QED) is 0.749. The summed E-state index contributed by atoms with van der Waals surface area (Å²) in [7, 11) is 4.81. The predicted octanol–water partition coefficient (Wildman–Crippen LogP) is 3.65. The molecule has 0 bridgehead atoms. The molecule has 0 amide bonds. The van der Waals surface area contributed by atoms with E-state index in [4.69, 9.17) is 14.2 Å². The molecule has 0 heterocycles. The Kier molecular flexibility index (Phi) is 6.21. The summed E-state index contributed by atoms with van der Waals surface area (Å²) in [4.78, 5) is 11.4. The summed E-state index contributed by atoms with van der Waals surface area (Å²) < 4.78 is 15.6. The molecule has 0 aliphatic heterocycles. The molecule has 0 aliphatic carbocycles. The van der Waals surface area contributed by atoms with Gasteiger partial charge in [0.2, 0.25) is 0 Å². The van der Waals surface area contributed by atoms with Crippen molar-refractivity contribution in [3.8, 4) is 22.6 Å². The minimum absolute atomic E-state index is 0.273. The molecule has 2 aromatic carbocycles. The van der Waals surface area contributed by atoms with Crippen molar-refractivity contribution in [1.82, 2.24) is 0 Å². The van der Waals surface area contributed by atoms with E-state index in [1.165, 1.54) is 0 Å². The third-order valence-corrected chi connectivity index (χ3v) is 3.77. The van der Waals surface area contributed by atoms with E-state index < -0.39 is 5.97 Å². The Labute approximate surface area is 141 Å². The molecule has 0 saturated heterocycles. The molecule has 0 atom stereocenters. The van der Waals surface area contributed by atoms with Crippen molar-refractivity contribution in [2.24, 2.45) is 0 Å². The first-order chi connectivity index (χ1) is 11.6. The summed E-state index contributed by atoms with van der Waals surface area (Å²) in [6.45, 7) is 0.642. The van der Waals surface area contributed by atoms with Crippen molar-refractivity contribution in [1.29, 1.82) is 0 Å². The lowest BCUT2D eigenvalue weighted by Gasteiger charge is -2.12. The number of methoxy groups -OCH3 is 3. The number of benzene rings is 2. The zero-order chi connectivity index (χ0) is 17.5. The van der Waals surface area contributed by atoms with Gasteiger partial charge in [-0.05, 0) is 53.8 Å². The summed E-state index contributed by atoms with van der Waals surface area (Å²) in [5.74, 6) is 0.304. The molecule has 0 saturated carbocycles. The Hall–Kier alpha value is -2.53. The van der Waals surface area contributed by atoms with E-state index in [-0.39, 0.29) is 5.56 Å². The van der Waals surface area contributed by atoms with Gasteiger partial charge in [0.1, 0.15) is 0 Å². The van der Waals surface area contributed by atoms with Crippen LogP contribution >= 0.6 is 0 Å². The Balaban J connectivity index is 2.42. The van der Waals surface area contributed by atoms with Gasteiger partial charge in [-0.25, -0.2) is 4.79 Å². The van der Waals surface area contributed by atoms with E-state index in [0.717, 1.165) is 29.5 Å². The predicted molar refractivity (Wildman–Crippen MR) is 92.1 cm³/mol. The van der Waals surface area contributed by atoms with Crippen LogP contribution in [-0.2, 0) is 11.2 Å². The van der Waals surface area contributed by atoms with Gasteiger partial charge in [0.25, 0.3) is 0 Å². The molecule has 0 unspecified atom stereocenters. The molecule has 0 spiro atoms. The third kappa shape index (κ3) is 4.26.